The van der Waals surface area contributed by atoms with E-state index in [4.69, 9.17) is 16.3 Å². The van der Waals surface area contributed by atoms with Gasteiger partial charge in [-0.05, 0) is 13.0 Å². The van der Waals surface area contributed by atoms with Crippen LogP contribution in [-0.4, -0.2) is 39.0 Å². The summed E-state index contributed by atoms with van der Waals surface area (Å²) in [5.41, 5.74) is 0.628. The summed E-state index contributed by atoms with van der Waals surface area (Å²) in [6, 6.07) is 2.88. The molecular weight excluding hydrogens is 294 g/mol. The fourth-order valence-electron chi connectivity index (χ4n) is 2.23. The van der Waals surface area contributed by atoms with Gasteiger partial charge in [-0.25, -0.2) is 14.6 Å². The fraction of sp³-hybridized carbons (Fsp3) is 0.385. The number of nitrogens with zero attached hydrogens (tertiary/aromatic N) is 4. The number of aromatic nitrogens is 4. The second-order valence-corrected chi connectivity index (χ2v) is 5.27. The van der Waals surface area contributed by atoms with E-state index in [1.165, 1.54) is 23.1 Å². The van der Waals surface area contributed by atoms with Crippen LogP contribution >= 0.6 is 11.6 Å². The van der Waals surface area contributed by atoms with Crippen molar-refractivity contribution in [1.82, 2.24) is 19.7 Å². The van der Waals surface area contributed by atoms with Crippen molar-refractivity contribution < 1.29 is 4.74 Å². The molecule has 0 bridgehead atoms. The molecule has 0 aliphatic carbocycles. The third-order valence-corrected chi connectivity index (χ3v) is 3.45. The van der Waals surface area contributed by atoms with Gasteiger partial charge in [0.25, 0.3) is 5.56 Å². The van der Waals surface area contributed by atoms with Gasteiger partial charge in [0.05, 0.1) is 42.4 Å². The van der Waals surface area contributed by atoms with Crippen LogP contribution in [-0.2, 0) is 4.74 Å². The predicted octanol–water partition coefficient (Wildman–Crippen LogP) is 1.05. The van der Waals surface area contributed by atoms with Gasteiger partial charge in [0, 0.05) is 6.07 Å². The van der Waals surface area contributed by atoms with Gasteiger partial charge in [0.2, 0.25) is 5.95 Å². The number of ether oxygens (including phenoxy) is 1. The quantitative estimate of drug-likeness (QED) is 0.912. The molecule has 0 aromatic carbocycles. The van der Waals surface area contributed by atoms with Crippen molar-refractivity contribution in [1.29, 1.82) is 0 Å². The molecule has 0 spiro atoms. The van der Waals surface area contributed by atoms with Gasteiger partial charge >= 0.3 is 0 Å². The van der Waals surface area contributed by atoms with E-state index in [1.54, 1.807) is 6.07 Å². The molecule has 2 unspecified atom stereocenters. The van der Waals surface area contributed by atoms with Crippen LogP contribution in [0.25, 0.3) is 0 Å². The first-order chi connectivity index (χ1) is 10.1. The lowest BCUT2D eigenvalue weighted by Gasteiger charge is -2.20. The van der Waals surface area contributed by atoms with Gasteiger partial charge < -0.3 is 10.1 Å². The van der Waals surface area contributed by atoms with E-state index in [-0.39, 0.29) is 17.6 Å². The van der Waals surface area contributed by atoms with E-state index < -0.39 is 0 Å². The second-order valence-electron chi connectivity index (χ2n) is 4.84. The van der Waals surface area contributed by atoms with Gasteiger partial charge in [-0.15, -0.1) is 0 Å². The average molecular weight is 308 g/mol. The summed E-state index contributed by atoms with van der Waals surface area (Å²) in [4.78, 5) is 20.2. The fourth-order valence-corrected chi connectivity index (χ4v) is 2.33. The van der Waals surface area contributed by atoms with Crippen molar-refractivity contribution in [3.05, 3.63) is 45.6 Å². The molecule has 3 heterocycles. The maximum absolute atomic E-state index is 12.0. The number of rotatable bonds is 3. The molecule has 110 valence electrons. The van der Waals surface area contributed by atoms with Gasteiger partial charge in [0.15, 0.2) is 0 Å². The Balaban J connectivity index is 1.83. The van der Waals surface area contributed by atoms with E-state index in [0.29, 0.717) is 24.2 Å². The highest BCUT2D eigenvalue weighted by atomic mass is 35.5. The lowest BCUT2D eigenvalue weighted by Crippen LogP contribution is -2.37. The first-order valence-corrected chi connectivity index (χ1v) is 6.89. The number of hydrogen-bond donors (Lipinski definition) is 1. The molecule has 1 aliphatic heterocycles. The summed E-state index contributed by atoms with van der Waals surface area (Å²) >= 11 is 5.76. The summed E-state index contributed by atoms with van der Waals surface area (Å²) in [6.45, 7) is 2.72. The Bertz CT molecular complexity index is 688. The molecule has 1 aliphatic rings. The van der Waals surface area contributed by atoms with Gasteiger partial charge in [-0.3, -0.25) is 4.79 Å². The topological polar surface area (TPSA) is 81.9 Å². The summed E-state index contributed by atoms with van der Waals surface area (Å²) in [5, 5.41) is 7.91. The van der Waals surface area contributed by atoms with Crippen molar-refractivity contribution >= 4 is 17.5 Å². The minimum Gasteiger partial charge on any atom is -0.377 e. The molecule has 21 heavy (non-hydrogen) atoms. The number of halogens is 1. The largest absolute Gasteiger partial charge is 0.377 e. The van der Waals surface area contributed by atoms with Gasteiger partial charge in [0.1, 0.15) is 6.04 Å². The number of nitrogens with one attached hydrogen (secondary N) is 1. The summed E-state index contributed by atoms with van der Waals surface area (Å²) in [6.07, 6.45) is 3.03. The molecular formula is C13H14ClN5O2. The molecule has 2 atom stereocenters. The molecule has 1 fully saturated rings. The first-order valence-electron chi connectivity index (χ1n) is 6.52. The predicted molar refractivity (Wildman–Crippen MR) is 77.5 cm³/mol. The molecule has 0 radical (unpaired) electrons. The van der Waals surface area contributed by atoms with Crippen LogP contribution in [0.2, 0.25) is 5.02 Å². The van der Waals surface area contributed by atoms with E-state index in [2.05, 4.69) is 20.4 Å². The standard InChI is InChI=1S/C13H14ClN5O2/c1-8-2-3-12(20)19(18-8)11-7-21-6-10(11)17-13-15-4-9(14)5-16-13/h2-5,10-11H,6-7H2,1H3,(H,15,16,17). The highest BCUT2D eigenvalue weighted by Crippen LogP contribution is 2.20. The van der Waals surface area contributed by atoms with E-state index in [1.807, 2.05) is 6.92 Å². The zero-order chi connectivity index (χ0) is 14.8. The zero-order valence-electron chi connectivity index (χ0n) is 11.4. The van der Waals surface area contributed by atoms with Crippen molar-refractivity contribution in [2.45, 2.75) is 19.0 Å². The maximum Gasteiger partial charge on any atom is 0.267 e. The van der Waals surface area contributed by atoms with Crippen molar-refractivity contribution in [2.24, 2.45) is 0 Å². The highest BCUT2D eigenvalue weighted by Gasteiger charge is 2.31. The van der Waals surface area contributed by atoms with Crippen LogP contribution in [0.4, 0.5) is 5.95 Å². The summed E-state index contributed by atoms with van der Waals surface area (Å²) in [5.74, 6) is 0.445. The second kappa shape index (κ2) is 5.79. The number of anilines is 1. The van der Waals surface area contributed by atoms with Crippen LogP contribution in [0.1, 0.15) is 11.7 Å². The van der Waals surface area contributed by atoms with Crippen LogP contribution in [0.3, 0.4) is 0 Å². The Hall–Kier alpha value is -1.99. The molecule has 0 amide bonds. The third-order valence-electron chi connectivity index (χ3n) is 3.26. The molecule has 3 rings (SSSR count). The number of hydrogen-bond acceptors (Lipinski definition) is 6. The Morgan fingerprint density at radius 3 is 2.86 bits per heavy atom. The van der Waals surface area contributed by atoms with Crippen LogP contribution in [0.5, 0.6) is 0 Å². The lowest BCUT2D eigenvalue weighted by molar-refractivity contribution is 0.182. The van der Waals surface area contributed by atoms with Crippen LogP contribution in [0, 0.1) is 6.92 Å². The summed E-state index contributed by atoms with van der Waals surface area (Å²) < 4.78 is 6.93. The smallest absolute Gasteiger partial charge is 0.267 e. The third kappa shape index (κ3) is 3.03. The van der Waals surface area contributed by atoms with Gasteiger partial charge in [-0.1, -0.05) is 11.6 Å². The Morgan fingerprint density at radius 1 is 1.33 bits per heavy atom. The molecule has 1 N–H and O–H groups in total. The van der Waals surface area contributed by atoms with Crippen molar-refractivity contribution in [3.63, 3.8) is 0 Å². The zero-order valence-corrected chi connectivity index (χ0v) is 12.1. The molecule has 2 aromatic rings. The molecule has 0 saturated carbocycles. The highest BCUT2D eigenvalue weighted by molar-refractivity contribution is 6.30. The molecule has 8 heteroatoms. The normalized spacial score (nSPS) is 21.4. The summed E-state index contributed by atoms with van der Waals surface area (Å²) in [7, 11) is 0. The minimum atomic E-state index is -0.198. The SMILES string of the molecule is Cc1ccc(=O)n(C2COCC2Nc2ncc(Cl)cn2)n1. The lowest BCUT2D eigenvalue weighted by atomic mass is 10.2. The number of aryl methyl sites for hydroxylation is 1. The molecule has 1 saturated heterocycles. The Labute approximate surface area is 125 Å². The van der Waals surface area contributed by atoms with E-state index in [9.17, 15) is 4.79 Å². The Morgan fingerprint density at radius 2 is 2.10 bits per heavy atom. The average Bonchev–Trinajstić information content (AvgIpc) is 2.92. The van der Waals surface area contributed by atoms with Crippen molar-refractivity contribution in [2.75, 3.05) is 18.5 Å². The molecule has 7 nitrogen and oxygen atoms in total. The molecule has 2 aromatic heterocycles. The van der Waals surface area contributed by atoms with E-state index in [0.717, 1.165) is 5.69 Å². The van der Waals surface area contributed by atoms with Crippen LogP contribution in [0.15, 0.2) is 29.3 Å². The monoisotopic (exact) mass is 307 g/mol. The van der Waals surface area contributed by atoms with Crippen molar-refractivity contribution in [3.8, 4) is 0 Å². The Kier molecular flexibility index (Phi) is 3.85. The van der Waals surface area contributed by atoms with Crippen LogP contribution < -0.4 is 10.9 Å². The minimum absolute atomic E-state index is 0.127. The maximum atomic E-state index is 12.0. The first kappa shape index (κ1) is 14.0. The van der Waals surface area contributed by atoms with E-state index >= 15 is 0 Å². The van der Waals surface area contributed by atoms with Gasteiger partial charge in [-0.2, -0.15) is 5.10 Å².